The molecule has 3 aromatic rings. The van der Waals surface area contributed by atoms with E-state index in [-0.39, 0.29) is 5.92 Å². The van der Waals surface area contributed by atoms with Crippen molar-refractivity contribution in [2.75, 3.05) is 4.90 Å². The van der Waals surface area contributed by atoms with Crippen LogP contribution in [0.15, 0.2) is 33.4 Å². The molecular formula is C18H22BrN5O. The number of aromatic nitrogens is 4. The maximum absolute atomic E-state index is 5.36. The second-order valence-electron chi connectivity index (χ2n) is 6.53. The Morgan fingerprint density at radius 3 is 2.48 bits per heavy atom. The summed E-state index contributed by atoms with van der Waals surface area (Å²) in [5.74, 6) is 1.57. The summed E-state index contributed by atoms with van der Waals surface area (Å²) in [6.45, 7) is 9.57. The molecule has 132 valence electrons. The number of hydrogen-bond acceptors (Lipinski definition) is 5. The Hall–Kier alpha value is -2.15. The summed E-state index contributed by atoms with van der Waals surface area (Å²) in [4.78, 5) is 6.78. The number of halogens is 1. The number of aryl methyl sites for hydroxylation is 2. The number of benzene rings is 1. The van der Waals surface area contributed by atoms with E-state index in [9.17, 15) is 0 Å². The minimum Gasteiger partial charge on any atom is -0.358 e. The maximum Gasteiger partial charge on any atom is 0.229 e. The molecule has 0 unspecified atom stereocenters. The second kappa shape index (κ2) is 7.39. The Morgan fingerprint density at radius 1 is 1.20 bits per heavy atom. The molecule has 0 aliphatic rings. The first kappa shape index (κ1) is 17.7. The van der Waals surface area contributed by atoms with Crippen LogP contribution < -0.4 is 4.90 Å². The Bertz CT molecular complexity index is 818. The molecule has 0 aliphatic heterocycles. The summed E-state index contributed by atoms with van der Waals surface area (Å²) in [6.07, 6.45) is 1.76. The zero-order chi connectivity index (χ0) is 18.0. The van der Waals surface area contributed by atoms with Gasteiger partial charge in [-0.2, -0.15) is 10.1 Å². The molecule has 2 aromatic heterocycles. The third-order valence-electron chi connectivity index (χ3n) is 4.00. The minimum atomic E-state index is 0.221. The number of nitrogens with zero attached hydrogens (tertiary/aromatic N) is 4. The van der Waals surface area contributed by atoms with E-state index in [1.165, 1.54) is 16.8 Å². The Kier molecular flexibility index (Phi) is 5.22. The van der Waals surface area contributed by atoms with Crippen molar-refractivity contribution >= 4 is 21.6 Å². The lowest BCUT2D eigenvalue weighted by Crippen LogP contribution is -2.25. The Labute approximate surface area is 155 Å². The Balaban J connectivity index is 1.95. The SMILES string of the molecule is Cc1cc(Br)cc(C)c1N(Cc1noc(C(C)C)n1)Cc1ccn[nH]1. The summed E-state index contributed by atoms with van der Waals surface area (Å²) < 4.78 is 6.44. The zero-order valence-corrected chi connectivity index (χ0v) is 16.5. The molecule has 0 amide bonds. The number of anilines is 1. The molecule has 2 heterocycles. The summed E-state index contributed by atoms with van der Waals surface area (Å²) in [7, 11) is 0. The van der Waals surface area contributed by atoms with E-state index < -0.39 is 0 Å². The van der Waals surface area contributed by atoms with E-state index in [1.807, 2.05) is 19.9 Å². The van der Waals surface area contributed by atoms with Crippen molar-refractivity contribution in [2.45, 2.75) is 46.7 Å². The average molecular weight is 404 g/mol. The van der Waals surface area contributed by atoms with Gasteiger partial charge in [0, 0.05) is 22.3 Å². The first-order chi connectivity index (χ1) is 11.9. The van der Waals surface area contributed by atoms with Gasteiger partial charge in [0.2, 0.25) is 5.89 Å². The fraction of sp³-hybridized carbons (Fsp3) is 0.389. The zero-order valence-electron chi connectivity index (χ0n) is 14.9. The molecule has 0 spiro atoms. The largest absolute Gasteiger partial charge is 0.358 e. The number of hydrogen-bond donors (Lipinski definition) is 1. The van der Waals surface area contributed by atoms with Crippen LogP contribution in [-0.4, -0.2) is 20.3 Å². The molecule has 0 saturated heterocycles. The van der Waals surface area contributed by atoms with E-state index in [0.717, 1.165) is 10.2 Å². The normalized spacial score (nSPS) is 11.3. The second-order valence-corrected chi connectivity index (χ2v) is 7.45. The minimum absolute atomic E-state index is 0.221. The molecule has 0 aliphatic carbocycles. The maximum atomic E-state index is 5.36. The fourth-order valence-corrected chi connectivity index (χ4v) is 3.62. The molecule has 0 saturated carbocycles. The van der Waals surface area contributed by atoms with Gasteiger partial charge in [0.15, 0.2) is 5.82 Å². The van der Waals surface area contributed by atoms with Crippen molar-refractivity contribution in [3.63, 3.8) is 0 Å². The van der Waals surface area contributed by atoms with Gasteiger partial charge in [-0.1, -0.05) is 34.9 Å². The number of aromatic amines is 1. The van der Waals surface area contributed by atoms with Crippen LogP contribution in [0.2, 0.25) is 0 Å². The van der Waals surface area contributed by atoms with Crippen LogP contribution in [0.4, 0.5) is 5.69 Å². The van der Waals surface area contributed by atoms with E-state index in [2.05, 4.69) is 67.1 Å². The highest BCUT2D eigenvalue weighted by Crippen LogP contribution is 2.30. The smallest absolute Gasteiger partial charge is 0.229 e. The summed E-state index contributed by atoms with van der Waals surface area (Å²) in [6, 6.07) is 6.22. The third-order valence-corrected chi connectivity index (χ3v) is 4.46. The van der Waals surface area contributed by atoms with Crippen LogP contribution in [0.5, 0.6) is 0 Å². The highest BCUT2D eigenvalue weighted by Gasteiger charge is 2.18. The van der Waals surface area contributed by atoms with E-state index in [4.69, 9.17) is 4.52 Å². The summed E-state index contributed by atoms with van der Waals surface area (Å²) in [5, 5.41) is 11.2. The van der Waals surface area contributed by atoms with Gasteiger partial charge in [-0.15, -0.1) is 0 Å². The van der Waals surface area contributed by atoms with Crippen LogP contribution in [0.25, 0.3) is 0 Å². The van der Waals surface area contributed by atoms with Gasteiger partial charge < -0.3 is 9.42 Å². The lowest BCUT2D eigenvalue weighted by atomic mass is 10.1. The third kappa shape index (κ3) is 4.10. The van der Waals surface area contributed by atoms with Gasteiger partial charge in [0.05, 0.1) is 18.8 Å². The van der Waals surface area contributed by atoms with Crippen LogP contribution in [0.1, 0.15) is 48.3 Å². The molecule has 3 rings (SSSR count). The first-order valence-electron chi connectivity index (χ1n) is 8.26. The van der Waals surface area contributed by atoms with Gasteiger partial charge >= 0.3 is 0 Å². The van der Waals surface area contributed by atoms with Crippen molar-refractivity contribution in [2.24, 2.45) is 0 Å². The molecule has 1 N–H and O–H groups in total. The topological polar surface area (TPSA) is 70.8 Å². The lowest BCUT2D eigenvalue weighted by molar-refractivity contribution is 0.360. The van der Waals surface area contributed by atoms with Gasteiger partial charge in [0.1, 0.15) is 0 Å². The quantitative estimate of drug-likeness (QED) is 0.655. The summed E-state index contributed by atoms with van der Waals surface area (Å²) >= 11 is 3.57. The molecule has 0 fully saturated rings. The summed E-state index contributed by atoms with van der Waals surface area (Å²) in [5.41, 5.74) is 4.60. The van der Waals surface area contributed by atoms with Crippen molar-refractivity contribution in [3.8, 4) is 0 Å². The van der Waals surface area contributed by atoms with Gasteiger partial charge in [-0.3, -0.25) is 5.10 Å². The highest BCUT2D eigenvalue weighted by molar-refractivity contribution is 9.10. The van der Waals surface area contributed by atoms with Gasteiger partial charge in [-0.25, -0.2) is 0 Å². The standard InChI is InChI=1S/C18H22BrN5O/c1-11(2)18-21-16(23-25-18)10-24(9-15-5-6-20-22-15)17-12(3)7-14(19)8-13(17)4/h5-8,11H,9-10H2,1-4H3,(H,20,22). The predicted molar refractivity (Wildman–Crippen MR) is 100 cm³/mol. The predicted octanol–water partition coefficient (Wildman–Crippen LogP) is 4.50. The number of nitrogens with one attached hydrogen (secondary N) is 1. The highest BCUT2D eigenvalue weighted by atomic mass is 79.9. The van der Waals surface area contributed by atoms with Crippen molar-refractivity contribution in [1.82, 2.24) is 20.3 Å². The molecular weight excluding hydrogens is 382 g/mol. The van der Waals surface area contributed by atoms with Crippen LogP contribution in [0, 0.1) is 13.8 Å². The van der Waals surface area contributed by atoms with Crippen LogP contribution >= 0.6 is 15.9 Å². The van der Waals surface area contributed by atoms with Gasteiger partial charge in [-0.05, 0) is 43.2 Å². The van der Waals surface area contributed by atoms with Crippen molar-refractivity contribution < 1.29 is 4.52 Å². The molecule has 7 heteroatoms. The van der Waals surface area contributed by atoms with E-state index >= 15 is 0 Å². The fourth-order valence-electron chi connectivity index (χ4n) is 2.93. The Morgan fingerprint density at radius 2 is 1.92 bits per heavy atom. The monoisotopic (exact) mass is 403 g/mol. The first-order valence-corrected chi connectivity index (χ1v) is 9.05. The molecule has 0 atom stereocenters. The van der Waals surface area contributed by atoms with Crippen LogP contribution in [0.3, 0.4) is 0 Å². The van der Waals surface area contributed by atoms with Crippen molar-refractivity contribution in [1.29, 1.82) is 0 Å². The number of H-pyrrole nitrogens is 1. The van der Waals surface area contributed by atoms with Gasteiger partial charge in [0.25, 0.3) is 0 Å². The molecule has 25 heavy (non-hydrogen) atoms. The number of rotatable bonds is 6. The molecule has 6 nitrogen and oxygen atoms in total. The average Bonchev–Trinajstić information content (AvgIpc) is 3.17. The lowest BCUT2D eigenvalue weighted by Gasteiger charge is -2.26. The van der Waals surface area contributed by atoms with E-state index in [1.54, 1.807) is 6.20 Å². The molecule has 1 aromatic carbocycles. The molecule has 0 radical (unpaired) electrons. The van der Waals surface area contributed by atoms with E-state index in [0.29, 0.717) is 24.8 Å². The van der Waals surface area contributed by atoms with Crippen molar-refractivity contribution in [3.05, 3.63) is 57.4 Å². The molecule has 0 bridgehead atoms. The van der Waals surface area contributed by atoms with Crippen LogP contribution in [-0.2, 0) is 13.1 Å².